The molecule has 0 bridgehead atoms. The summed E-state index contributed by atoms with van der Waals surface area (Å²) in [5.74, 6) is 0.813. The summed E-state index contributed by atoms with van der Waals surface area (Å²) >= 11 is 0. The zero-order valence-electron chi connectivity index (χ0n) is 11.9. The molecular formula is C15H24N2O2. The summed E-state index contributed by atoms with van der Waals surface area (Å²) in [6.07, 6.45) is 3.11. The maximum absolute atomic E-state index is 11.5. The minimum absolute atomic E-state index is 0.0896. The molecule has 1 amide bonds. The predicted molar refractivity (Wildman–Crippen MR) is 78.3 cm³/mol. The number of rotatable bonds is 8. The highest BCUT2D eigenvalue weighted by Crippen LogP contribution is 2.23. The summed E-state index contributed by atoms with van der Waals surface area (Å²) in [7, 11) is 0. The Morgan fingerprint density at radius 2 is 2.11 bits per heavy atom. The van der Waals surface area contributed by atoms with Crippen molar-refractivity contribution in [1.82, 2.24) is 5.32 Å². The average Bonchev–Trinajstić information content (AvgIpc) is 2.41. The first-order valence-corrected chi connectivity index (χ1v) is 6.95. The molecule has 0 fully saturated rings. The number of nitrogens with one attached hydrogen (secondary N) is 1. The Kier molecular flexibility index (Phi) is 6.79. The van der Waals surface area contributed by atoms with E-state index in [0.717, 1.165) is 30.7 Å². The van der Waals surface area contributed by atoms with Gasteiger partial charge in [0.15, 0.2) is 0 Å². The quantitative estimate of drug-likeness (QED) is 0.709. The van der Waals surface area contributed by atoms with Crippen LogP contribution in [-0.4, -0.2) is 19.1 Å². The van der Waals surface area contributed by atoms with Gasteiger partial charge in [-0.05, 0) is 37.0 Å². The number of benzene rings is 1. The number of nitrogen functional groups attached to an aromatic ring is 1. The van der Waals surface area contributed by atoms with E-state index in [0.29, 0.717) is 25.1 Å². The van der Waals surface area contributed by atoms with Gasteiger partial charge in [0.25, 0.3) is 0 Å². The lowest BCUT2D eigenvalue weighted by molar-refractivity contribution is -0.121. The molecule has 0 heterocycles. The van der Waals surface area contributed by atoms with E-state index in [1.165, 1.54) is 0 Å². The highest BCUT2D eigenvalue weighted by atomic mass is 16.5. The van der Waals surface area contributed by atoms with E-state index in [4.69, 9.17) is 10.5 Å². The highest BCUT2D eigenvalue weighted by molar-refractivity contribution is 5.76. The molecule has 3 N–H and O–H groups in total. The zero-order chi connectivity index (χ0) is 14.1. The standard InChI is InChI=1S/C15H24N2O2/c1-3-9-17-15(18)8-6-12-5-7-14(13(16)11-12)19-10-4-2/h5,7,11H,3-4,6,8-10,16H2,1-2H3,(H,17,18). The number of amides is 1. The van der Waals surface area contributed by atoms with Crippen molar-refractivity contribution in [3.8, 4) is 5.75 Å². The lowest BCUT2D eigenvalue weighted by atomic mass is 10.1. The molecule has 1 rings (SSSR count). The Morgan fingerprint density at radius 1 is 1.32 bits per heavy atom. The van der Waals surface area contributed by atoms with Crippen molar-refractivity contribution >= 4 is 11.6 Å². The summed E-state index contributed by atoms with van der Waals surface area (Å²) in [6, 6.07) is 5.73. The van der Waals surface area contributed by atoms with Gasteiger partial charge in [0.2, 0.25) is 5.91 Å². The van der Waals surface area contributed by atoms with Crippen molar-refractivity contribution in [3.63, 3.8) is 0 Å². The van der Waals surface area contributed by atoms with Crippen LogP contribution >= 0.6 is 0 Å². The predicted octanol–water partition coefficient (Wildman–Crippen LogP) is 2.52. The van der Waals surface area contributed by atoms with Crippen molar-refractivity contribution in [1.29, 1.82) is 0 Å². The lowest BCUT2D eigenvalue weighted by Crippen LogP contribution is -2.24. The largest absolute Gasteiger partial charge is 0.491 e. The van der Waals surface area contributed by atoms with E-state index >= 15 is 0 Å². The van der Waals surface area contributed by atoms with Crippen LogP contribution in [0, 0.1) is 0 Å². The zero-order valence-corrected chi connectivity index (χ0v) is 11.9. The van der Waals surface area contributed by atoms with E-state index in [1.54, 1.807) is 0 Å². The molecule has 0 saturated carbocycles. The van der Waals surface area contributed by atoms with E-state index in [-0.39, 0.29) is 5.91 Å². The van der Waals surface area contributed by atoms with Gasteiger partial charge in [-0.3, -0.25) is 4.79 Å². The maximum Gasteiger partial charge on any atom is 0.220 e. The number of hydrogen-bond acceptors (Lipinski definition) is 3. The van der Waals surface area contributed by atoms with Crippen LogP contribution in [0.25, 0.3) is 0 Å². The van der Waals surface area contributed by atoms with Crippen LogP contribution in [0.2, 0.25) is 0 Å². The molecule has 0 saturated heterocycles. The Morgan fingerprint density at radius 3 is 2.74 bits per heavy atom. The molecule has 0 spiro atoms. The maximum atomic E-state index is 11.5. The average molecular weight is 264 g/mol. The number of aryl methyl sites for hydroxylation is 1. The molecule has 4 nitrogen and oxygen atoms in total. The Labute approximate surface area is 115 Å². The molecule has 4 heteroatoms. The van der Waals surface area contributed by atoms with Gasteiger partial charge >= 0.3 is 0 Å². The molecule has 0 aliphatic heterocycles. The van der Waals surface area contributed by atoms with Gasteiger partial charge in [-0.2, -0.15) is 0 Å². The van der Waals surface area contributed by atoms with Crippen molar-refractivity contribution < 1.29 is 9.53 Å². The smallest absolute Gasteiger partial charge is 0.220 e. The van der Waals surface area contributed by atoms with E-state index in [1.807, 2.05) is 25.1 Å². The highest BCUT2D eigenvalue weighted by Gasteiger charge is 2.04. The third-order valence-electron chi connectivity index (χ3n) is 2.75. The third-order valence-corrected chi connectivity index (χ3v) is 2.75. The number of ether oxygens (including phenoxy) is 1. The molecule has 0 aromatic heterocycles. The van der Waals surface area contributed by atoms with Gasteiger partial charge in [0, 0.05) is 13.0 Å². The first kappa shape index (κ1) is 15.3. The molecule has 0 aliphatic rings. The Hall–Kier alpha value is -1.71. The van der Waals surface area contributed by atoms with Crippen LogP contribution in [0.3, 0.4) is 0 Å². The number of nitrogens with two attached hydrogens (primary N) is 1. The van der Waals surface area contributed by atoms with Crippen molar-refractivity contribution in [3.05, 3.63) is 23.8 Å². The second kappa shape index (κ2) is 8.40. The molecule has 0 radical (unpaired) electrons. The van der Waals surface area contributed by atoms with Gasteiger partial charge in [-0.25, -0.2) is 0 Å². The topological polar surface area (TPSA) is 64.3 Å². The normalized spacial score (nSPS) is 10.2. The fraction of sp³-hybridized carbons (Fsp3) is 0.533. The first-order valence-electron chi connectivity index (χ1n) is 6.95. The molecule has 1 aromatic carbocycles. The number of carbonyl (C=O) groups excluding carboxylic acids is 1. The molecule has 1 aromatic rings. The lowest BCUT2D eigenvalue weighted by Gasteiger charge is -2.09. The second-order valence-electron chi connectivity index (χ2n) is 4.57. The van der Waals surface area contributed by atoms with Crippen LogP contribution in [0.15, 0.2) is 18.2 Å². The van der Waals surface area contributed by atoms with Gasteiger partial charge < -0.3 is 15.8 Å². The van der Waals surface area contributed by atoms with Gasteiger partial charge in [-0.1, -0.05) is 19.9 Å². The summed E-state index contributed by atoms with van der Waals surface area (Å²) < 4.78 is 5.52. The Bertz CT molecular complexity index is 405. The second-order valence-corrected chi connectivity index (χ2v) is 4.57. The van der Waals surface area contributed by atoms with Crippen molar-refractivity contribution in [2.45, 2.75) is 39.5 Å². The van der Waals surface area contributed by atoms with Crippen LogP contribution in [0.4, 0.5) is 5.69 Å². The molecule has 0 atom stereocenters. The minimum Gasteiger partial charge on any atom is -0.491 e. The summed E-state index contributed by atoms with van der Waals surface area (Å²) in [5, 5.41) is 2.86. The van der Waals surface area contributed by atoms with Crippen LogP contribution in [-0.2, 0) is 11.2 Å². The molecule has 19 heavy (non-hydrogen) atoms. The molecule has 0 unspecified atom stereocenters. The summed E-state index contributed by atoms with van der Waals surface area (Å²) in [5.41, 5.74) is 7.62. The number of carbonyl (C=O) groups is 1. The van der Waals surface area contributed by atoms with E-state index in [9.17, 15) is 4.79 Å². The van der Waals surface area contributed by atoms with Gasteiger partial charge in [0.1, 0.15) is 5.75 Å². The van der Waals surface area contributed by atoms with Crippen molar-refractivity contribution in [2.24, 2.45) is 0 Å². The first-order chi connectivity index (χ1) is 9.17. The monoisotopic (exact) mass is 264 g/mol. The fourth-order valence-electron chi connectivity index (χ4n) is 1.71. The fourth-order valence-corrected chi connectivity index (χ4v) is 1.71. The van der Waals surface area contributed by atoms with Crippen LogP contribution in [0.5, 0.6) is 5.75 Å². The summed E-state index contributed by atoms with van der Waals surface area (Å²) in [4.78, 5) is 11.5. The van der Waals surface area contributed by atoms with E-state index < -0.39 is 0 Å². The van der Waals surface area contributed by atoms with Gasteiger partial charge in [0.05, 0.1) is 12.3 Å². The molecular weight excluding hydrogens is 240 g/mol. The van der Waals surface area contributed by atoms with Crippen molar-refractivity contribution in [2.75, 3.05) is 18.9 Å². The number of anilines is 1. The molecule has 0 aliphatic carbocycles. The third kappa shape index (κ3) is 5.64. The SMILES string of the molecule is CCCNC(=O)CCc1ccc(OCCC)c(N)c1. The number of hydrogen-bond donors (Lipinski definition) is 2. The van der Waals surface area contributed by atoms with Crippen LogP contribution < -0.4 is 15.8 Å². The summed E-state index contributed by atoms with van der Waals surface area (Å²) in [6.45, 7) is 5.50. The minimum atomic E-state index is 0.0896. The van der Waals surface area contributed by atoms with Crippen LogP contribution in [0.1, 0.15) is 38.7 Å². The van der Waals surface area contributed by atoms with E-state index in [2.05, 4.69) is 12.2 Å². The van der Waals surface area contributed by atoms with Gasteiger partial charge in [-0.15, -0.1) is 0 Å². The molecule has 106 valence electrons. The Balaban J connectivity index is 2.47.